The first-order chi connectivity index (χ1) is 18.1. The van der Waals surface area contributed by atoms with Gasteiger partial charge in [-0.15, -0.1) is 0 Å². The largest absolute Gasteiger partial charge is 0.426 e. The number of amides is 3. The number of rotatable bonds is 10. The van der Waals surface area contributed by atoms with Crippen LogP contribution in [0.15, 0.2) is 24.4 Å². The molecule has 1 aromatic heterocycles. The van der Waals surface area contributed by atoms with Gasteiger partial charge in [0.25, 0.3) is 11.8 Å². The van der Waals surface area contributed by atoms with Crippen LogP contribution in [-0.2, 0) is 21.3 Å². The molecule has 12 nitrogen and oxygen atoms in total. The Kier molecular flexibility index (Phi) is 9.24. The van der Waals surface area contributed by atoms with Crippen molar-refractivity contribution in [2.45, 2.75) is 46.1 Å². The molecule has 2 aromatic rings. The van der Waals surface area contributed by atoms with E-state index in [1.165, 1.54) is 6.07 Å². The van der Waals surface area contributed by atoms with Crippen molar-refractivity contribution < 1.29 is 33.8 Å². The molecule has 1 heterocycles. The van der Waals surface area contributed by atoms with Crippen LogP contribution < -0.4 is 15.5 Å². The first-order valence-corrected chi connectivity index (χ1v) is 12.3. The highest BCUT2D eigenvalue weighted by molar-refractivity contribution is 6.21. The number of aliphatic hydroxyl groups is 1. The lowest BCUT2D eigenvalue weighted by Crippen LogP contribution is -2.40. The molecule has 0 bridgehead atoms. The third-order valence-electron chi connectivity index (χ3n) is 6.00. The molecule has 1 fully saturated rings. The van der Waals surface area contributed by atoms with Crippen molar-refractivity contribution in [3.05, 3.63) is 52.3 Å². The van der Waals surface area contributed by atoms with Gasteiger partial charge in [0.05, 0.1) is 16.9 Å². The molecule has 12 heteroatoms. The lowest BCUT2D eigenvalue weighted by Gasteiger charge is -2.25. The molecule has 0 unspecified atom stereocenters. The van der Waals surface area contributed by atoms with Gasteiger partial charge in [-0.1, -0.05) is 13.0 Å². The van der Waals surface area contributed by atoms with Crippen LogP contribution in [0.3, 0.4) is 0 Å². The molecule has 3 rings (SSSR count). The SMILES string of the molecule is CCCNC(=O)c1ccc(C)c(N(C(=N)c2c(C)c(C(=O)NC3CC3)cn2C)C(=O)OCOC(=O)CO)c1. The number of ether oxygens (including phenoxy) is 2. The maximum Gasteiger partial charge on any atom is 0.423 e. The Morgan fingerprint density at radius 3 is 2.50 bits per heavy atom. The Labute approximate surface area is 220 Å². The van der Waals surface area contributed by atoms with E-state index >= 15 is 0 Å². The smallest absolute Gasteiger partial charge is 0.423 e. The van der Waals surface area contributed by atoms with Gasteiger partial charge in [0, 0.05) is 31.4 Å². The third-order valence-corrected chi connectivity index (χ3v) is 6.00. The van der Waals surface area contributed by atoms with E-state index in [-0.39, 0.29) is 40.6 Å². The van der Waals surface area contributed by atoms with E-state index < -0.39 is 25.5 Å². The fraction of sp³-hybridized carbons (Fsp3) is 0.423. The summed E-state index contributed by atoms with van der Waals surface area (Å²) in [5.41, 5.74) is 2.15. The number of aryl methyl sites for hydroxylation is 2. The zero-order chi connectivity index (χ0) is 28.0. The van der Waals surface area contributed by atoms with Crippen molar-refractivity contribution in [3.63, 3.8) is 0 Å². The Balaban J connectivity index is 2.01. The molecule has 0 aliphatic heterocycles. The number of carbonyl (C=O) groups excluding carboxylic acids is 4. The summed E-state index contributed by atoms with van der Waals surface area (Å²) in [6.45, 7) is 4.09. The van der Waals surface area contributed by atoms with E-state index in [9.17, 15) is 19.2 Å². The van der Waals surface area contributed by atoms with Crippen LogP contribution >= 0.6 is 0 Å². The van der Waals surface area contributed by atoms with Gasteiger partial charge < -0.3 is 29.8 Å². The first-order valence-electron chi connectivity index (χ1n) is 12.3. The second kappa shape index (κ2) is 12.4. The van der Waals surface area contributed by atoms with Gasteiger partial charge in [0.2, 0.25) is 6.79 Å². The summed E-state index contributed by atoms with van der Waals surface area (Å²) < 4.78 is 11.3. The Morgan fingerprint density at radius 1 is 1.16 bits per heavy atom. The summed E-state index contributed by atoms with van der Waals surface area (Å²) in [6.07, 6.45) is 3.11. The minimum absolute atomic E-state index is 0.141. The molecule has 3 amide bonds. The number of nitrogens with one attached hydrogen (secondary N) is 3. The minimum Gasteiger partial charge on any atom is -0.426 e. The zero-order valence-electron chi connectivity index (χ0n) is 21.9. The molecule has 1 aliphatic carbocycles. The molecule has 4 N–H and O–H groups in total. The summed E-state index contributed by atoms with van der Waals surface area (Å²) >= 11 is 0. The number of hydrogen-bond donors (Lipinski definition) is 4. The lowest BCUT2D eigenvalue weighted by atomic mass is 10.1. The number of anilines is 1. The van der Waals surface area contributed by atoms with Crippen molar-refractivity contribution in [2.24, 2.45) is 7.05 Å². The number of benzene rings is 1. The maximum absolute atomic E-state index is 13.3. The quantitative estimate of drug-likeness (QED) is 0.159. The van der Waals surface area contributed by atoms with Gasteiger partial charge >= 0.3 is 12.1 Å². The summed E-state index contributed by atoms with van der Waals surface area (Å²) in [5.74, 6) is -1.92. The van der Waals surface area contributed by atoms with Crippen LogP contribution in [0, 0.1) is 19.3 Å². The zero-order valence-corrected chi connectivity index (χ0v) is 21.9. The van der Waals surface area contributed by atoms with Crippen LogP contribution in [0.5, 0.6) is 0 Å². The summed E-state index contributed by atoms with van der Waals surface area (Å²) in [5, 5.41) is 23.5. The maximum atomic E-state index is 13.3. The van der Waals surface area contributed by atoms with Crippen molar-refractivity contribution in [1.82, 2.24) is 15.2 Å². The average molecular weight is 528 g/mol. The number of amidine groups is 1. The van der Waals surface area contributed by atoms with E-state index in [4.69, 9.17) is 15.3 Å². The van der Waals surface area contributed by atoms with E-state index in [0.717, 1.165) is 24.2 Å². The van der Waals surface area contributed by atoms with Crippen LogP contribution in [0.4, 0.5) is 10.5 Å². The molecule has 1 aromatic carbocycles. The number of carbonyl (C=O) groups is 4. The number of esters is 1. The molecule has 38 heavy (non-hydrogen) atoms. The highest BCUT2D eigenvalue weighted by Gasteiger charge is 2.31. The highest BCUT2D eigenvalue weighted by atomic mass is 16.7. The van der Waals surface area contributed by atoms with Crippen molar-refractivity contribution in [3.8, 4) is 0 Å². The number of nitrogens with zero attached hydrogens (tertiary/aromatic N) is 2. The fourth-order valence-corrected chi connectivity index (χ4v) is 3.82. The molecule has 0 spiro atoms. The molecule has 0 atom stereocenters. The summed E-state index contributed by atoms with van der Waals surface area (Å²) in [7, 11) is 1.65. The van der Waals surface area contributed by atoms with Gasteiger partial charge in [-0.2, -0.15) is 0 Å². The summed E-state index contributed by atoms with van der Waals surface area (Å²) in [6, 6.07) is 4.85. The molecule has 204 valence electrons. The standard InChI is InChI=1S/C26H33N5O7/c1-5-10-28-24(34)17-7-6-15(2)20(11-17)31(26(36)38-14-37-21(33)13-32)23(27)22-16(3)19(12-30(22)4)25(35)29-18-8-9-18/h6-7,11-12,18,27,32H,5,8-10,13-14H2,1-4H3,(H,28,34)(H,29,35). The second-order valence-electron chi connectivity index (χ2n) is 9.02. The minimum atomic E-state index is -1.06. The first kappa shape index (κ1) is 28.4. The monoisotopic (exact) mass is 527 g/mol. The van der Waals surface area contributed by atoms with Crippen molar-refractivity contribution >= 4 is 35.4 Å². The average Bonchev–Trinajstić information content (AvgIpc) is 3.65. The topological polar surface area (TPSA) is 163 Å². The van der Waals surface area contributed by atoms with E-state index in [2.05, 4.69) is 15.4 Å². The Morgan fingerprint density at radius 2 is 1.87 bits per heavy atom. The molecule has 1 saturated carbocycles. The van der Waals surface area contributed by atoms with Gasteiger partial charge in [0.1, 0.15) is 6.61 Å². The van der Waals surface area contributed by atoms with Crippen molar-refractivity contribution in [2.75, 3.05) is 24.8 Å². The normalized spacial score (nSPS) is 12.4. The van der Waals surface area contributed by atoms with Gasteiger partial charge in [-0.05, 0) is 56.4 Å². The number of hydrogen-bond acceptors (Lipinski definition) is 8. The van der Waals surface area contributed by atoms with Gasteiger partial charge in [0.15, 0.2) is 5.84 Å². The molecule has 0 saturated heterocycles. The second-order valence-corrected chi connectivity index (χ2v) is 9.02. The summed E-state index contributed by atoms with van der Waals surface area (Å²) in [4.78, 5) is 50.9. The van der Waals surface area contributed by atoms with E-state index in [0.29, 0.717) is 23.2 Å². The van der Waals surface area contributed by atoms with Crippen LogP contribution in [0.25, 0.3) is 0 Å². The number of aromatic nitrogens is 1. The van der Waals surface area contributed by atoms with Crippen LogP contribution in [0.1, 0.15) is 63.7 Å². The molecular formula is C26H33N5O7. The molecule has 1 aliphatic rings. The lowest BCUT2D eigenvalue weighted by molar-refractivity contribution is -0.154. The third kappa shape index (κ3) is 6.57. The Bertz CT molecular complexity index is 1250. The highest BCUT2D eigenvalue weighted by Crippen LogP contribution is 2.28. The predicted octanol–water partition coefficient (Wildman–Crippen LogP) is 2.14. The van der Waals surface area contributed by atoms with Crippen LogP contribution in [0.2, 0.25) is 0 Å². The van der Waals surface area contributed by atoms with Crippen molar-refractivity contribution in [1.29, 1.82) is 5.41 Å². The van der Waals surface area contributed by atoms with Gasteiger partial charge in [-0.3, -0.25) is 15.0 Å². The molecular weight excluding hydrogens is 494 g/mol. The predicted molar refractivity (Wildman–Crippen MR) is 138 cm³/mol. The van der Waals surface area contributed by atoms with E-state index in [1.807, 2.05) is 6.92 Å². The van der Waals surface area contributed by atoms with E-state index in [1.54, 1.807) is 43.8 Å². The van der Waals surface area contributed by atoms with Crippen LogP contribution in [-0.4, -0.2) is 65.4 Å². The molecule has 0 radical (unpaired) electrons. The van der Waals surface area contributed by atoms with Gasteiger partial charge in [-0.25, -0.2) is 14.5 Å². The Hall–Kier alpha value is -4.19. The number of aliphatic hydroxyl groups excluding tert-OH is 1. The fourth-order valence-electron chi connectivity index (χ4n) is 3.82.